The molecule has 0 aliphatic heterocycles. The lowest BCUT2D eigenvalue weighted by Crippen LogP contribution is -2.42. The van der Waals surface area contributed by atoms with Gasteiger partial charge in [-0.25, -0.2) is 0 Å². The predicted molar refractivity (Wildman–Crippen MR) is 55.8 cm³/mol. The summed E-state index contributed by atoms with van der Waals surface area (Å²) in [6.07, 6.45) is -4.29. The molecule has 0 aromatic carbocycles. The summed E-state index contributed by atoms with van der Waals surface area (Å²) in [4.78, 5) is 12.4. The Balaban J connectivity index is 4.47. The minimum Gasteiger partial charge on any atom is -0.332 e. The van der Waals surface area contributed by atoms with Gasteiger partial charge < -0.3 is 10.6 Å². The van der Waals surface area contributed by atoms with Gasteiger partial charge in [-0.2, -0.15) is 13.2 Å². The minimum atomic E-state index is -4.37. The van der Waals surface area contributed by atoms with E-state index in [9.17, 15) is 18.0 Å². The first kappa shape index (κ1) is 15.2. The SMILES string of the molecule is CC(C)(C)CC(=O)N(CCN)CC(F)(F)F. The zero-order valence-electron chi connectivity index (χ0n) is 9.90. The molecule has 2 N–H and O–H groups in total. The lowest BCUT2D eigenvalue weighted by Gasteiger charge is -2.27. The van der Waals surface area contributed by atoms with Crippen LogP contribution in [0.15, 0.2) is 0 Å². The van der Waals surface area contributed by atoms with E-state index < -0.39 is 18.6 Å². The fourth-order valence-corrected chi connectivity index (χ4v) is 1.23. The molecule has 16 heavy (non-hydrogen) atoms. The lowest BCUT2D eigenvalue weighted by molar-refractivity contribution is -0.162. The van der Waals surface area contributed by atoms with Crippen LogP contribution in [0.5, 0.6) is 0 Å². The van der Waals surface area contributed by atoms with Gasteiger partial charge in [0.2, 0.25) is 5.91 Å². The summed E-state index contributed by atoms with van der Waals surface area (Å²) < 4.78 is 36.6. The van der Waals surface area contributed by atoms with Crippen LogP contribution in [0.4, 0.5) is 13.2 Å². The molecular formula is C10H19F3N2O. The Morgan fingerprint density at radius 3 is 2.06 bits per heavy atom. The molecule has 0 aromatic rings. The topological polar surface area (TPSA) is 46.3 Å². The number of hydrogen-bond acceptors (Lipinski definition) is 2. The molecule has 0 unspecified atom stereocenters. The van der Waals surface area contributed by atoms with Crippen molar-refractivity contribution in [2.24, 2.45) is 11.1 Å². The predicted octanol–water partition coefficient (Wildman–Crippen LogP) is 1.77. The summed E-state index contributed by atoms with van der Waals surface area (Å²) in [7, 11) is 0. The number of nitrogens with zero attached hydrogens (tertiary/aromatic N) is 1. The third-order valence-electron chi connectivity index (χ3n) is 1.80. The van der Waals surface area contributed by atoms with Gasteiger partial charge in [-0.05, 0) is 5.41 Å². The molecule has 6 heteroatoms. The van der Waals surface area contributed by atoms with Crippen molar-refractivity contribution in [1.29, 1.82) is 0 Å². The first-order valence-electron chi connectivity index (χ1n) is 5.10. The maximum absolute atomic E-state index is 12.2. The minimum absolute atomic E-state index is 0.0337. The molecular weight excluding hydrogens is 221 g/mol. The van der Waals surface area contributed by atoms with Crippen molar-refractivity contribution in [2.75, 3.05) is 19.6 Å². The second-order valence-corrected chi connectivity index (χ2v) is 4.96. The van der Waals surface area contributed by atoms with Gasteiger partial charge in [0, 0.05) is 19.5 Å². The van der Waals surface area contributed by atoms with E-state index in [1.54, 1.807) is 20.8 Å². The molecule has 0 saturated heterocycles. The highest BCUT2D eigenvalue weighted by Gasteiger charge is 2.33. The zero-order chi connectivity index (χ0) is 13.0. The Hall–Kier alpha value is -0.780. The third-order valence-corrected chi connectivity index (χ3v) is 1.80. The van der Waals surface area contributed by atoms with Crippen LogP contribution in [-0.2, 0) is 4.79 Å². The van der Waals surface area contributed by atoms with E-state index in [4.69, 9.17) is 5.73 Å². The number of rotatable bonds is 4. The molecule has 0 fully saturated rings. The van der Waals surface area contributed by atoms with Crippen molar-refractivity contribution in [2.45, 2.75) is 33.4 Å². The molecule has 0 spiro atoms. The molecule has 1 amide bonds. The highest BCUT2D eigenvalue weighted by atomic mass is 19.4. The van der Waals surface area contributed by atoms with Crippen LogP contribution in [0.2, 0.25) is 0 Å². The molecule has 0 saturated carbocycles. The summed E-state index contributed by atoms with van der Waals surface area (Å²) in [5, 5.41) is 0. The van der Waals surface area contributed by atoms with Crippen LogP contribution in [0.3, 0.4) is 0 Å². The maximum atomic E-state index is 12.2. The Morgan fingerprint density at radius 1 is 1.25 bits per heavy atom. The van der Waals surface area contributed by atoms with Crippen molar-refractivity contribution in [1.82, 2.24) is 4.90 Å². The molecule has 0 aliphatic rings. The smallest absolute Gasteiger partial charge is 0.332 e. The van der Waals surface area contributed by atoms with Crippen molar-refractivity contribution >= 4 is 5.91 Å². The van der Waals surface area contributed by atoms with Gasteiger partial charge in [0.25, 0.3) is 0 Å². The van der Waals surface area contributed by atoms with Crippen LogP contribution in [0.25, 0.3) is 0 Å². The van der Waals surface area contributed by atoms with E-state index in [1.807, 2.05) is 0 Å². The van der Waals surface area contributed by atoms with E-state index in [0.29, 0.717) is 0 Å². The highest BCUT2D eigenvalue weighted by molar-refractivity contribution is 5.76. The van der Waals surface area contributed by atoms with Crippen molar-refractivity contribution in [3.05, 3.63) is 0 Å². The summed E-state index contributed by atoms with van der Waals surface area (Å²) in [5.41, 5.74) is 4.86. The molecule has 0 heterocycles. The van der Waals surface area contributed by atoms with E-state index in [2.05, 4.69) is 0 Å². The van der Waals surface area contributed by atoms with Gasteiger partial charge in [0.15, 0.2) is 0 Å². The molecule has 0 atom stereocenters. The van der Waals surface area contributed by atoms with Gasteiger partial charge in [0.1, 0.15) is 6.54 Å². The van der Waals surface area contributed by atoms with Crippen LogP contribution >= 0.6 is 0 Å². The van der Waals surface area contributed by atoms with Crippen LogP contribution in [0.1, 0.15) is 27.2 Å². The van der Waals surface area contributed by atoms with Gasteiger partial charge >= 0.3 is 6.18 Å². The molecule has 0 aromatic heterocycles. The van der Waals surface area contributed by atoms with Crippen molar-refractivity contribution < 1.29 is 18.0 Å². The Kier molecular flexibility index (Phi) is 5.25. The van der Waals surface area contributed by atoms with Crippen molar-refractivity contribution in [3.8, 4) is 0 Å². The first-order valence-corrected chi connectivity index (χ1v) is 5.10. The van der Waals surface area contributed by atoms with E-state index in [1.165, 1.54) is 0 Å². The molecule has 96 valence electrons. The lowest BCUT2D eigenvalue weighted by atomic mass is 9.91. The second kappa shape index (κ2) is 5.52. The monoisotopic (exact) mass is 240 g/mol. The summed E-state index contributed by atoms with van der Waals surface area (Å²) >= 11 is 0. The normalized spacial score (nSPS) is 12.7. The number of halogens is 3. The number of carbonyl (C=O) groups is 1. The first-order chi connectivity index (χ1) is 7.05. The molecule has 0 rings (SSSR count). The average Bonchev–Trinajstić information content (AvgIpc) is 1.97. The quantitative estimate of drug-likeness (QED) is 0.814. The van der Waals surface area contributed by atoms with Gasteiger partial charge in [-0.3, -0.25) is 4.79 Å². The maximum Gasteiger partial charge on any atom is 0.406 e. The zero-order valence-corrected chi connectivity index (χ0v) is 9.90. The highest BCUT2D eigenvalue weighted by Crippen LogP contribution is 2.22. The Labute approximate surface area is 93.8 Å². The number of hydrogen-bond donors (Lipinski definition) is 1. The molecule has 0 radical (unpaired) electrons. The van der Waals surface area contributed by atoms with Crippen LogP contribution < -0.4 is 5.73 Å². The number of nitrogens with two attached hydrogens (primary N) is 1. The number of carbonyl (C=O) groups excluding carboxylic acids is 1. The second-order valence-electron chi connectivity index (χ2n) is 4.96. The van der Waals surface area contributed by atoms with E-state index >= 15 is 0 Å². The molecule has 3 nitrogen and oxygen atoms in total. The summed E-state index contributed by atoms with van der Waals surface area (Å²) in [6, 6.07) is 0. The number of alkyl halides is 3. The van der Waals surface area contributed by atoms with Crippen LogP contribution in [0, 0.1) is 5.41 Å². The Bertz CT molecular complexity index is 233. The van der Waals surface area contributed by atoms with Crippen LogP contribution in [-0.4, -0.2) is 36.6 Å². The van der Waals surface area contributed by atoms with Gasteiger partial charge in [0.05, 0.1) is 0 Å². The standard InChI is InChI=1S/C10H19F3N2O/c1-9(2,3)6-8(16)15(5-4-14)7-10(11,12)13/h4-7,14H2,1-3H3. The summed E-state index contributed by atoms with van der Waals surface area (Å²) in [5.74, 6) is -0.504. The van der Waals surface area contributed by atoms with Gasteiger partial charge in [-0.15, -0.1) is 0 Å². The average molecular weight is 240 g/mol. The molecule has 0 bridgehead atoms. The largest absolute Gasteiger partial charge is 0.406 e. The fraction of sp³-hybridized carbons (Fsp3) is 0.900. The van der Waals surface area contributed by atoms with E-state index in [0.717, 1.165) is 4.90 Å². The third kappa shape index (κ3) is 7.50. The fourth-order valence-electron chi connectivity index (χ4n) is 1.23. The molecule has 0 aliphatic carbocycles. The van der Waals surface area contributed by atoms with Crippen molar-refractivity contribution in [3.63, 3.8) is 0 Å². The Morgan fingerprint density at radius 2 is 1.75 bits per heavy atom. The number of amides is 1. The van der Waals surface area contributed by atoms with E-state index in [-0.39, 0.29) is 24.9 Å². The summed E-state index contributed by atoms with van der Waals surface area (Å²) in [6.45, 7) is 4.16. The van der Waals surface area contributed by atoms with Gasteiger partial charge in [-0.1, -0.05) is 20.8 Å².